The highest BCUT2D eigenvalue weighted by Crippen LogP contribution is 2.29. The van der Waals surface area contributed by atoms with Crippen LogP contribution in [0.5, 0.6) is 0 Å². The van der Waals surface area contributed by atoms with Gasteiger partial charge in [-0.25, -0.2) is 27.2 Å². The Morgan fingerprint density at radius 3 is 2.57 bits per heavy atom. The molecule has 0 radical (unpaired) electrons. The molecule has 0 aliphatic heterocycles. The molecular weight excluding hydrogens is 348 g/mol. The van der Waals surface area contributed by atoms with Crippen molar-refractivity contribution >= 4 is 32.9 Å². The maximum atomic E-state index is 13.0. The summed E-state index contributed by atoms with van der Waals surface area (Å²) < 4.78 is 50.8. The van der Waals surface area contributed by atoms with Gasteiger partial charge in [0.05, 0.1) is 10.6 Å². The molecule has 0 bridgehead atoms. The molecule has 0 aliphatic carbocycles. The molecule has 0 spiro atoms. The third-order valence-electron chi connectivity index (χ3n) is 2.92. The van der Waals surface area contributed by atoms with Gasteiger partial charge in [-0.1, -0.05) is 18.2 Å². The summed E-state index contributed by atoms with van der Waals surface area (Å²) in [5.41, 5.74) is 0.106. The molecule has 0 saturated carbocycles. The molecule has 122 valence electrons. The van der Waals surface area contributed by atoms with E-state index in [0.29, 0.717) is 0 Å². The Labute approximate surface area is 137 Å². The number of sulfone groups is 1. The molecule has 1 aromatic heterocycles. The van der Waals surface area contributed by atoms with Crippen LogP contribution in [0.2, 0.25) is 5.28 Å². The van der Waals surface area contributed by atoms with Crippen molar-refractivity contribution < 1.29 is 17.2 Å². The summed E-state index contributed by atoms with van der Waals surface area (Å²) in [6, 6.07) is 7.15. The minimum absolute atomic E-state index is 0.0353. The SMILES string of the molecule is C=CC(C(F)F)S(=O)(=O)c1ccccc1Nc1ccnc(Cl)n1. The maximum absolute atomic E-state index is 13.0. The number of benzene rings is 1. The molecule has 0 fully saturated rings. The van der Waals surface area contributed by atoms with Crippen molar-refractivity contribution in [2.24, 2.45) is 0 Å². The first kappa shape index (κ1) is 17.3. The van der Waals surface area contributed by atoms with E-state index in [9.17, 15) is 17.2 Å². The van der Waals surface area contributed by atoms with Crippen LogP contribution in [0.4, 0.5) is 20.3 Å². The average molecular weight is 360 g/mol. The Morgan fingerprint density at radius 2 is 1.96 bits per heavy atom. The summed E-state index contributed by atoms with van der Waals surface area (Å²) in [7, 11) is -4.32. The third-order valence-corrected chi connectivity index (χ3v) is 5.19. The molecule has 1 N–H and O–H groups in total. The Kier molecular flexibility index (Phi) is 5.27. The van der Waals surface area contributed by atoms with Crippen molar-refractivity contribution in [3.63, 3.8) is 0 Å². The summed E-state index contributed by atoms with van der Waals surface area (Å²) in [5, 5.41) is 0.708. The fraction of sp³-hybridized carbons (Fsp3) is 0.143. The first-order valence-corrected chi connectivity index (χ1v) is 8.28. The predicted octanol–water partition coefficient (Wildman–Crippen LogP) is 3.47. The fourth-order valence-electron chi connectivity index (χ4n) is 1.87. The maximum Gasteiger partial charge on any atom is 0.259 e. The number of anilines is 2. The molecule has 2 aromatic rings. The zero-order valence-electron chi connectivity index (χ0n) is 11.7. The highest BCUT2D eigenvalue weighted by Gasteiger charge is 2.34. The van der Waals surface area contributed by atoms with Gasteiger partial charge in [0, 0.05) is 6.20 Å². The molecule has 0 aliphatic rings. The van der Waals surface area contributed by atoms with E-state index >= 15 is 0 Å². The van der Waals surface area contributed by atoms with E-state index in [-0.39, 0.29) is 21.7 Å². The number of aromatic nitrogens is 2. The van der Waals surface area contributed by atoms with Crippen LogP contribution in [0.15, 0.2) is 54.1 Å². The van der Waals surface area contributed by atoms with Crippen molar-refractivity contribution in [1.29, 1.82) is 0 Å². The van der Waals surface area contributed by atoms with E-state index < -0.39 is 21.5 Å². The highest BCUT2D eigenvalue weighted by atomic mass is 35.5. The van der Waals surface area contributed by atoms with Crippen LogP contribution in [0.1, 0.15) is 0 Å². The van der Waals surface area contributed by atoms with Crippen molar-refractivity contribution in [3.05, 3.63) is 54.5 Å². The van der Waals surface area contributed by atoms with Crippen LogP contribution in [-0.2, 0) is 9.84 Å². The lowest BCUT2D eigenvalue weighted by Crippen LogP contribution is -2.27. The topological polar surface area (TPSA) is 72.0 Å². The first-order chi connectivity index (χ1) is 10.9. The summed E-state index contributed by atoms with van der Waals surface area (Å²) in [4.78, 5) is 7.29. The Bertz CT molecular complexity index is 815. The number of hydrogen-bond acceptors (Lipinski definition) is 5. The number of halogens is 3. The van der Waals surface area contributed by atoms with Crippen LogP contribution in [0.3, 0.4) is 0 Å². The lowest BCUT2D eigenvalue weighted by Gasteiger charge is -2.16. The van der Waals surface area contributed by atoms with Gasteiger partial charge in [0.2, 0.25) is 5.28 Å². The van der Waals surface area contributed by atoms with Crippen molar-refractivity contribution in [3.8, 4) is 0 Å². The lowest BCUT2D eigenvalue weighted by molar-refractivity contribution is 0.155. The molecule has 0 saturated heterocycles. The van der Waals surface area contributed by atoms with E-state index in [4.69, 9.17) is 11.6 Å². The highest BCUT2D eigenvalue weighted by molar-refractivity contribution is 7.92. The second kappa shape index (κ2) is 7.01. The zero-order valence-corrected chi connectivity index (χ0v) is 13.2. The Hall–Kier alpha value is -2.06. The molecule has 2 rings (SSSR count). The molecule has 1 aromatic carbocycles. The van der Waals surface area contributed by atoms with Crippen molar-refractivity contribution in [2.45, 2.75) is 16.6 Å². The average Bonchev–Trinajstić information content (AvgIpc) is 2.47. The van der Waals surface area contributed by atoms with Gasteiger partial charge in [-0.15, -0.1) is 6.58 Å². The number of nitrogens with one attached hydrogen (secondary N) is 1. The van der Waals surface area contributed by atoms with E-state index in [2.05, 4.69) is 21.9 Å². The molecule has 1 unspecified atom stereocenters. The molecule has 23 heavy (non-hydrogen) atoms. The van der Waals surface area contributed by atoms with Crippen LogP contribution in [-0.4, -0.2) is 30.1 Å². The van der Waals surface area contributed by atoms with E-state index in [0.717, 1.165) is 6.08 Å². The number of hydrogen-bond donors (Lipinski definition) is 1. The molecule has 0 amide bonds. The largest absolute Gasteiger partial charge is 0.339 e. The van der Waals surface area contributed by atoms with Gasteiger partial charge in [0.1, 0.15) is 11.1 Å². The van der Waals surface area contributed by atoms with Gasteiger partial charge in [0.25, 0.3) is 6.43 Å². The number of nitrogens with zero attached hydrogens (tertiary/aromatic N) is 2. The summed E-state index contributed by atoms with van der Waals surface area (Å²) in [6.45, 7) is 3.18. The van der Waals surface area contributed by atoms with Crippen molar-refractivity contribution in [2.75, 3.05) is 5.32 Å². The predicted molar refractivity (Wildman–Crippen MR) is 83.9 cm³/mol. The van der Waals surface area contributed by atoms with Crippen LogP contribution in [0, 0.1) is 0 Å². The summed E-state index contributed by atoms with van der Waals surface area (Å²) in [5.74, 6) is 0.236. The smallest absolute Gasteiger partial charge is 0.259 e. The van der Waals surface area contributed by atoms with Gasteiger partial charge in [0.15, 0.2) is 9.84 Å². The lowest BCUT2D eigenvalue weighted by atomic mass is 10.3. The third kappa shape index (κ3) is 3.83. The normalized spacial score (nSPS) is 12.9. The second-order valence-corrected chi connectivity index (χ2v) is 6.82. The van der Waals surface area contributed by atoms with Crippen LogP contribution >= 0.6 is 11.6 Å². The van der Waals surface area contributed by atoms with Gasteiger partial charge < -0.3 is 5.32 Å². The monoisotopic (exact) mass is 359 g/mol. The number of para-hydroxylation sites is 1. The van der Waals surface area contributed by atoms with Crippen LogP contribution in [0.25, 0.3) is 0 Å². The van der Waals surface area contributed by atoms with Crippen molar-refractivity contribution in [1.82, 2.24) is 9.97 Å². The van der Waals surface area contributed by atoms with Gasteiger partial charge in [-0.05, 0) is 29.8 Å². The molecule has 9 heteroatoms. The van der Waals surface area contributed by atoms with Gasteiger partial charge in [-0.3, -0.25) is 0 Å². The molecular formula is C14H12ClF2N3O2S. The zero-order chi connectivity index (χ0) is 17.0. The molecule has 1 heterocycles. The standard InChI is InChI=1S/C14H12ClF2N3O2S/c1-2-10(13(16)17)23(21,22)11-6-4-3-5-9(11)19-12-7-8-18-14(15)20-12/h2-8,10,13H,1H2,(H,18,19,20). The Balaban J connectivity index is 2.47. The number of alkyl halides is 2. The fourth-order valence-corrected chi connectivity index (χ4v) is 3.53. The summed E-state index contributed by atoms with van der Waals surface area (Å²) in [6.07, 6.45) is -0.988. The first-order valence-electron chi connectivity index (χ1n) is 6.35. The van der Waals surface area contributed by atoms with Gasteiger partial charge >= 0.3 is 0 Å². The molecule has 1 atom stereocenters. The summed E-state index contributed by atoms with van der Waals surface area (Å²) >= 11 is 5.66. The number of rotatable bonds is 6. The minimum Gasteiger partial charge on any atom is -0.339 e. The van der Waals surface area contributed by atoms with Gasteiger partial charge in [-0.2, -0.15) is 0 Å². The van der Waals surface area contributed by atoms with E-state index in [1.165, 1.54) is 30.5 Å². The minimum atomic E-state index is -4.32. The van der Waals surface area contributed by atoms with E-state index in [1.807, 2.05) is 0 Å². The molecule has 5 nitrogen and oxygen atoms in total. The van der Waals surface area contributed by atoms with E-state index in [1.54, 1.807) is 6.07 Å². The second-order valence-electron chi connectivity index (χ2n) is 4.41. The quantitative estimate of drug-likeness (QED) is 0.631. The Morgan fingerprint density at radius 1 is 1.26 bits per heavy atom. The van der Waals surface area contributed by atoms with Crippen LogP contribution < -0.4 is 5.32 Å².